The van der Waals surface area contributed by atoms with Crippen LogP contribution in [0.3, 0.4) is 0 Å². The molecule has 7 heteroatoms. The summed E-state index contributed by atoms with van der Waals surface area (Å²) in [5.74, 6) is -0.508. The number of rotatable bonds is 6. The molecule has 2 amide bonds. The highest BCUT2D eigenvalue weighted by Gasteiger charge is 2.23. The summed E-state index contributed by atoms with van der Waals surface area (Å²) in [6.07, 6.45) is 0. The predicted octanol–water partition coefficient (Wildman–Crippen LogP) is 4.04. The molecule has 0 atom stereocenters. The zero-order valence-corrected chi connectivity index (χ0v) is 17.3. The van der Waals surface area contributed by atoms with Crippen LogP contribution in [0.5, 0.6) is 5.75 Å². The van der Waals surface area contributed by atoms with E-state index < -0.39 is 11.8 Å². The van der Waals surface area contributed by atoms with Crippen LogP contribution in [0.1, 0.15) is 20.8 Å². The number of hydrogen-bond acceptors (Lipinski definition) is 4. The number of primary amides is 1. The van der Waals surface area contributed by atoms with Crippen molar-refractivity contribution in [2.24, 2.45) is 5.73 Å². The molecule has 0 aliphatic rings. The number of nitrogens with one attached hydrogen (secondary N) is 1. The second-order valence-electron chi connectivity index (χ2n) is 7.07. The second kappa shape index (κ2) is 8.79. The minimum atomic E-state index is -0.624. The fraction of sp³-hybridized carbons (Fsp3) is 0.0400. The van der Waals surface area contributed by atoms with Crippen LogP contribution in [0.4, 0.5) is 0 Å². The first-order valence-corrected chi connectivity index (χ1v) is 9.83. The van der Waals surface area contributed by atoms with Gasteiger partial charge in [0, 0.05) is 16.8 Å². The summed E-state index contributed by atoms with van der Waals surface area (Å²) in [4.78, 5) is 24.4. The molecule has 4 aromatic rings. The van der Waals surface area contributed by atoms with Crippen LogP contribution in [0.25, 0.3) is 28.1 Å². The van der Waals surface area contributed by atoms with E-state index in [9.17, 15) is 9.59 Å². The van der Waals surface area contributed by atoms with E-state index >= 15 is 0 Å². The van der Waals surface area contributed by atoms with Gasteiger partial charge in [-0.25, -0.2) is 5.48 Å². The van der Waals surface area contributed by atoms with Gasteiger partial charge in [0.2, 0.25) is 0 Å². The number of carbonyl (C=O) groups is 2. The summed E-state index contributed by atoms with van der Waals surface area (Å²) in [6, 6.07) is 25.5. The fourth-order valence-corrected chi connectivity index (χ4v) is 3.66. The molecule has 0 bridgehead atoms. The minimum Gasteiger partial charge on any atom is -0.497 e. The van der Waals surface area contributed by atoms with Gasteiger partial charge in [-0.1, -0.05) is 42.5 Å². The molecule has 0 aliphatic carbocycles. The molecule has 0 saturated heterocycles. The molecule has 1 heterocycles. The number of carbonyl (C=O) groups excluding carboxylic acids is 2. The van der Waals surface area contributed by atoms with Crippen molar-refractivity contribution < 1.29 is 19.5 Å². The SMILES string of the molecule is COc1ccc(-c2cc(-c3ccccc3)n(-c3ccc(C(=O)NO)cc3)c2C(N)=O)cc1. The lowest BCUT2D eigenvalue weighted by atomic mass is 10.0. The average molecular weight is 427 g/mol. The third-order valence-electron chi connectivity index (χ3n) is 5.19. The van der Waals surface area contributed by atoms with Crippen molar-refractivity contribution in [1.82, 2.24) is 10.0 Å². The van der Waals surface area contributed by atoms with Crippen molar-refractivity contribution in [2.75, 3.05) is 7.11 Å². The van der Waals surface area contributed by atoms with E-state index in [0.717, 1.165) is 16.8 Å². The second-order valence-corrected chi connectivity index (χ2v) is 7.07. The van der Waals surface area contributed by atoms with Gasteiger partial charge in [0.15, 0.2) is 0 Å². The van der Waals surface area contributed by atoms with Crippen LogP contribution in [0.2, 0.25) is 0 Å². The first-order valence-electron chi connectivity index (χ1n) is 9.83. The maximum atomic E-state index is 12.7. The van der Waals surface area contributed by atoms with Crippen LogP contribution in [0, 0.1) is 0 Å². The third kappa shape index (κ3) is 3.84. The molecule has 160 valence electrons. The zero-order valence-electron chi connectivity index (χ0n) is 17.3. The molecule has 4 rings (SSSR count). The minimum absolute atomic E-state index is 0.278. The van der Waals surface area contributed by atoms with Gasteiger partial charge in [-0.05, 0) is 53.6 Å². The quantitative estimate of drug-likeness (QED) is 0.319. The maximum Gasteiger partial charge on any atom is 0.274 e. The van der Waals surface area contributed by atoms with Crippen LogP contribution in [0.15, 0.2) is 84.9 Å². The number of nitrogens with zero attached hydrogens (tertiary/aromatic N) is 1. The van der Waals surface area contributed by atoms with Crippen molar-refractivity contribution in [1.29, 1.82) is 0 Å². The van der Waals surface area contributed by atoms with E-state index in [0.29, 0.717) is 22.7 Å². The Morgan fingerprint density at radius 2 is 1.56 bits per heavy atom. The largest absolute Gasteiger partial charge is 0.497 e. The van der Waals surface area contributed by atoms with Gasteiger partial charge >= 0.3 is 0 Å². The summed E-state index contributed by atoms with van der Waals surface area (Å²) >= 11 is 0. The molecule has 0 fully saturated rings. The number of aromatic nitrogens is 1. The molecule has 0 unspecified atom stereocenters. The van der Waals surface area contributed by atoms with Gasteiger partial charge in [-0.3, -0.25) is 14.8 Å². The maximum absolute atomic E-state index is 12.7. The zero-order chi connectivity index (χ0) is 22.7. The topological polar surface area (TPSA) is 107 Å². The summed E-state index contributed by atoms with van der Waals surface area (Å²) in [6.45, 7) is 0. The van der Waals surface area contributed by atoms with Crippen molar-refractivity contribution in [3.05, 3.63) is 96.2 Å². The van der Waals surface area contributed by atoms with E-state index in [-0.39, 0.29) is 5.56 Å². The Hall–Kier alpha value is -4.36. The smallest absolute Gasteiger partial charge is 0.274 e. The third-order valence-corrected chi connectivity index (χ3v) is 5.19. The first kappa shape index (κ1) is 20.9. The molecule has 7 nitrogen and oxygen atoms in total. The highest BCUT2D eigenvalue weighted by molar-refractivity contribution is 6.01. The number of benzene rings is 3. The van der Waals surface area contributed by atoms with Gasteiger partial charge in [0.1, 0.15) is 11.4 Å². The summed E-state index contributed by atoms with van der Waals surface area (Å²) in [5.41, 5.74) is 11.9. The Kier molecular flexibility index (Phi) is 5.74. The van der Waals surface area contributed by atoms with E-state index in [1.165, 1.54) is 0 Å². The van der Waals surface area contributed by atoms with Gasteiger partial charge in [-0.2, -0.15) is 0 Å². The molecular formula is C25H21N3O4. The van der Waals surface area contributed by atoms with Crippen LogP contribution >= 0.6 is 0 Å². The molecule has 4 N–H and O–H groups in total. The fourth-order valence-electron chi connectivity index (χ4n) is 3.66. The molecule has 1 aromatic heterocycles. The number of ether oxygens (including phenoxy) is 1. The predicted molar refractivity (Wildman–Crippen MR) is 121 cm³/mol. The number of hydroxylamine groups is 1. The average Bonchev–Trinajstić information content (AvgIpc) is 3.25. The van der Waals surface area contributed by atoms with Crippen molar-refractivity contribution in [2.45, 2.75) is 0 Å². The van der Waals surface area contributed by atoms with E-state index in [2.05, 4.69) is 0 Å². The molecular weight excluding hydrogens is 406 g/mol. The van der Waals surface area contributed by atoms with Crippen molar-refractivity contribution >= 4 is 11.8 Å². The summed E-state index contributed by atoms with van der Waals surface area (Å²) < 4.78 is 7.02. The van der Waals surface area contributed by atoms with Crippen LogP contribution < -0.4 is 16.0 Å². The van der Waals surface area contributed by atoms with Gasteiger partial charge < -0.3 is 15.0 Å². The van der Waals surface area contributed by atoms with E-state index in [1.807, 2.05) is 60.7 Å². The molecule has 3 aromatic carbocycles. The molecule has 0 saturated carbocycles. The standard InChI is InChI=1S/C25H21N3O4/c1-32-20-13-9-16(10-14-20)21-15-22(17-5-3-2-4-6-17)28(23(21)24(26)29)19-11-7-18(8-12-19)25(30)27-31/h2-15,31H,1H3,(H2,26,29)(H,27,30). The number of nitrogens with two attached hydrogens (primary N) is 1. The lowest BCUT2D eigenvalue weighted by Gasteiger charge is -2.14. The Morgan fingerprint density at radius 1 is 0.906 bits per heavy atom. The van der Waals surface area contributed by atoms with Gasteiger partial charge in [0.25, 0.3) is 11.8 Å². The highest BCUT2D eigenvalue weighted by atomic mass is 16.5. The van der Waals surface area contributed by atoms with E-state index in [1.54, 1.807) is 41.4 Å². The number of methoxy groups -OCH3 is 1. The Morgan fingerprint density at radius 3 is 2.12 bits per heavy atom. The molecule has 32 heavy (non-hydrogen) atoms. The summed E-state index contributed by atoms with van der Waals surface area (Å²) in [7, 11) is 1.59. The number of hydrogen-bond donors (Lipinski definition) is 3. The monoisotopic (exact) mass is 427 g/mol. The number of amides is 2. The Bertz CT molecular complexity index is 1260. The van der Waals surface area contributed by atoms with Crippen molar-refractivity contribution in [3.8, 4) is 33.8 Å². The van der Waals surface area contributed by atoms with Gasteiger partial charge in [0.05, 0.1) is 12.8 Å². The van der Waals surface area contributed by atoms with Crippen molar-refractivity contribution in [3.63, 3.8) is 0 Å². The van der Waals surface area contributed by atoms with E-state index in [4.69, 9.17) is 15.7 Å². The lowest BCUT2D eigenvalue weighted by molar-refractivity contribution is 0.0706. The normalized spacial score (nSPS) is 10.6. The molecule has 0 radical (unpaired) electrons. The first-order chi connectivity index (χ1) is 15.5. The summed E-state index contributed by atoms with van der Waals surface area (Å²) in [5, 5.41) is 8.88. The Balaban J connectivity index is 1.96. The molecule has 0 aliphatic heterocycles. The molecule has 0 spiro atoms. The highest BCUT2D eigenvalue weighted by Crippen LogP contribution is 2.36. The van der Waals surface area contributed by atoms with Crippen LogP contribution in [-0.2, 0) is 0 Å². The van der Waals surface area contributed by atoms with Crippen LogP contribution in [-0.4, -0.2) is 28.7 Å². The lowest BCUT2D eigenvalue weighted by Crippen LogP contribution is -2.19. The van der Waals surface area contributed by atoms with Gasteiger partial charge in [-0.15, -0.1) is 0 Å². The Labute approximate surface area is 184 Å².